The van der Waals surface area contributed by atoms with Crippen LogP contribution >= 0.6 is 0 Å². The van der Waals surface area contributed by atoms with E-state index in [1.165, 1.54) is 0 Å². The van der Waals surface area contributed by atoms with Crippen LogP contribution in [0.4, 0.5) is 10.6 Å². The first-order valence-corrected chi connectivity index (χ1v) is 8.62. The van der Waals surface area contributed by atoms with Gasteiger partial charge in [-0.2, -0.15) is 0 Å². The molecule has 6 nitrogen and oxygen atoms in total. The maximum Gasteiger partial charge on any atom is 0.317 e. The highest BCUT2D eigenvalue weighted by atomic mass is 16.3. The molecule has 0 aliphatic carbocycles. The largest absolute Gasteiger partial charge is 0.396 e. The smallest absolute Gasteiger partial charge is 0.317 e. The molecule has 0 spiro atoms. The molecule has 23 heavy (non-hydrogen) atoms. The van der Waals surface area contributed by atoms with Crippen molar-refractivity contribution in [2.24, 2.45) is 0 Å². The number of nitrogens with one attached hydrogen (secondary N) is 1. The number of piperidine rings is 1. The number of anilines is 1. The molecule has 2 amide bonds. The van der Waals surface area contributed by atoms with E-state index in [2.05, 4.69) is 15.2 Å². The maximum atomic E-state index is 12.6. The van der Waals surface area contributed by atoms with Crippen molar-refractivity contribution in [3.63, 3.8) is 0 Å². The fourth-order valence-corrected chi connectivity index (χ4v) is 3.60. The second kappa shape index (κ2) is 7.64. The molecule has 2 N–H and O–H groups in total. The van der Waals surface area contributed by atoms with Crippen molar-refractivity contribution < 1.29 is 9.90 Å². The minimum Gasteiger partial charge on any atom is -0.396 e. The Balaban J connectivity index is 1.54. The minimum absolute atomic E-state index is 0.0241. The summed E-state index contributed by atoms with van der Waals surface area (Å²) in [6.07, 6.45) is 6.62. The highest BCUT2D eigenvalue weighted by Gasteiger charge is 2.30. The molecule has 2 fully saturated rings. The van der Waals surface area contributed by atoms with Crippen LogP contribution in [0.25, 0.3) is 0 Å². The summed E-state index contributed by atoms with van der Waals surface area (Å²) in [4.78, 5) is 21.1. The molecule has 2 aliphatic rings. The van der Waals surface area contributed by atoms with E-state index in [1.54, 1.807) is 6.20 Å². The normalized spacial score (nSPS) is 24.7. The Morgan fingerprint density at radius 2 is 2.22 bits per heavy atom. The van der Waals surface area contributed by atoms with Crippen molar-refractivity contribution >= 4 is 11.8 Å². The van der Waals surface area contributed by atoms with Gasteiger partial charge in [0, 0.05) is 44.5 Å². The third-order valence-corrected chi connectivity index (χ3v) is 4.84. The molecule has 0 bridgehead atoms. The Morgan fingerprint density at radius 1 is 1.30 bits per heavy atom. The topological polar surface area (TPSA) is 68.7 Å². The number of hydrogen-bond acceptors (Lipinski definition) is 4. The van der Waals surface area contributed by atoms with Crippen LogP contribution in [-0.4, -0.2) is 59.3 Å². The Kier molecular flexibility index (Phi) is 5.33. The Labute approximate surface area is 137 Å². The van der Waals surface area contributed by atoms with Gasteiger partial charge in [0.05, 0.1) is 0 Å². The van der Waals surface area contributed by atoms with E-state index in [9.17, 15) is 9.90 Å². The molecule has 0 aromatic carbocycles. The highest BCUT2D eigenvalue weighted by Crippen LogP contribution is 2.21. The molecule has 2 saturated heterocycles. The highest BCUT2D eigenvalue weighted by molar-refractivity contribution is 5.75. The summed E-state index contributed by atoms with van der Waals surface area (Å²) in [6, 6.07) is 6.28. The fraction of sp³-hybridized carbons (Fsp3) is 0.647. The lowest BCUT2D eigenvalue weighted by Crippen LogP contribution is -2.52. The molecule has 1 aromatic rings. The minimum atomic E-state index is 0.0241. The molecule has 0 saturated carbocycles. The lowest BCUT2D eigenvalue weighted by Gasteiger charge is -2.36. The number of amides is 2. The molecule has 1 aromatic heterocycles. The zero-order chi connectivity index (χ0) is 16.1. The van der Waals surface area contributed by atoms with Gasteiger partial charge in [-0.1, -0.05) is 6.07 Å². The summed E-state index contributed by atoms with van der Waals surface area (Å²) >= 11 is 0. The lowest BCUT2D eigenvalue weighted by molar-refractivity contribution is 0.130. The molecule has 0 radical (unpaired) electrons. The Bertz CT molecular complexity index is 509. The van der Waals surface area contributed by atoms with E-state index in [-0.39, 0.29) is 24.7 Å². The van der Waals surface area contributed by atoms with Gasteiger partial charge in [-0.3, -0.25) is 0 Å². The van der Waals surface area contributed by atoms with Crippen molar-refractivity contribution in [2.75, 3.05) is 31.1 Å². The van der Waals surface area contributed by atoms with E-state index in [0.29, 0.717) is 6.42 Å². The number of urea groups is 1. The average molecular weight is 318 g/mol. The van der Waals surface area contributed by atoms with E-state index in [1.807, 2.05) is 23.1 Å². The van der Waals surface area contributed by atoms with Crippen molar-refractivity contribution in [1.29, 1.82) is 0 Å². The molecule has 2 unspecified atom stereocenters. The van der Waals surface area contributed by atoms with Gasteiger partial charge < -0.3 is 20.2 Å². The average Bonchev–Trinajstić information content (AvgIpc) is 3.05. The first-order valence-electron chi connectivity index (χ1n) is 8.62. The van der Waals surface area contributed by atoms with Gasteiger partial charge in [-0.05, 0) is 44.2 Å². The van der Waals surface area contributed by atoms with Gasteiger partial charge in [0.15, 0.2) is 0 Å². The molecule has 3 rings (SSSR count). The number of aromatic nitrogens is 1. The van der Waals surface area contributed by atoms with Crippen LogP contribution in [0, 0.1) is 0 Å². The molecule has 2 atom stereocenters. The maximum absolute atomic E-state index is 12.6. The van der Waals surface area contributed by atoms with Crippen LogP contribution in [0.2, 0.25) is 0 Å². The van der Waals surface area contributed by atoms with Crippen molar-refractivity contribution in [2.45, 2.75) is 44.2 Å². The molecule has 126 valence electrons. The number of aliphatic hydroxyl groups is 1. The summed E-state index contributed by atoms with van der Waals surface area (Å²) in [5, 5.41) is 12.4. The third kappa shape index (κ3) is 3.93. The standard InChI is InChI=1S/C17H26N4O2/c22-12-8-15-5-2-4-10-21(15)17(23)19-14-7-11-20(13-14)16-6-1-3-9-18-16/h1,3,6,9,14-15,22H,2,4-5,7-8,10-13H2,(H,19,23). The molecule has 6 heteroatoms. The van der Waals surface area contributed by atoms with Crippen LogP contribution in [0.15, 0.2) is 24.4 Å². The summed E-state index contributed by atoms with van der Waals surface area (Å²) < 4.78 is 0. The fourth-order valence-electron chi connectivity index (χ4n) is 3.60. The van der Waals surface area contributed by atoms with Gasteiger partial charge in [0.1, 0.15) is 5.82 Å². The number of carbonyl (C=O) groups is 1. The van der Waals surface area contributed by atoms with Gasteiger partial charge in [0.25, 0.3) is 0 Å². The number of pyridine rings is 1. The zero-order valence-corrected chi connectivity index (χ0v) is 13.5. The number of carbonyl (C=O) groups excluding carboxylic acids is 1. The van der Waals surface area contributed by atoms with Crippen molar-refractivity contribution in [1.82, 2.24) is 15.2 Å². The van der Waals surface area contributed by atoms with Crippen LogP contribution in [0.1, 0.15) is 32.1 Å². The first-order chi connectivity index (χ1) is 11.3. The molecule has 3 heterocycles. The van der Waals surface area contributed by atoms with Crippen molar-refractivity contribution in [3.05, 3.63) is 24.4 Å². The van der Waals surface area contributed by atoms with Crippen LogP contribution in [-0.2, 0) is 0 Å². The lowest BCUT2D eigenvalue weighted by atomic mass is 10.00. The van der Waals surface area contributed by atoms with Gasteiger partial charge in [0.2, 0.25) is 0 Å². The molecule has 2 aliphatic heterocycles. The SMILES string of the molecule is O=C(NC1CCN(c2ccccn2)C1)N1CCCCC1CCO. The zero-order valence-electron chi connectivity index (χ0n) is 13.5. The molecular formula is C17H26N4O2. The Morgan fingerprint density at radius 3 is 3.00 bits per heavy atom. The summed E-state index contributed by atoms with van der Waals surface area (Å²) in [7, 11) is 0. The third-order valence-electron chi connectivity index (χ3n) is 4.84. The number of nitrogens with zero attached hydrogens (tertiary/aromatic N) is 3. The van der Waals surface area contributed by atoms with E-state index >= 15 is 0 Å². The predicted molar refractivity (Wildman–Crippen MR) is 89.4 cm³/mol. The van der Waals surface area contributed by atoms with Crippen LogP contribution < -0.4 is 10.2 Å². The van der Waals surface area contributed by atoms with Gasteiger partial charge in [-0.25, -0.2) is 9.78 Å². The van der Waals surface area contributed by atoms with Crippen molar-refractivity contribution in [3.8, 4) is 0 Å². The van der Waals surface area contributed by atoms with Gasteiger partial charge >= 0.3 is 6.03 Å². The number of likely N-dealkylation sites (tertiary alicyclic amines) is 1. The Hall–Kier alpha value is -1.82. The number of aliphatic hydroxyl groups excluding tert-OH is 1. The van der Waals surface area contributed by atoms with E-state index < -0.39 is 0 Å². The summed E-state index contributed by atoms with van der Waals surface area (Å²) in [5.74, 6) is 0.973. The first kappa shape index (κ1) is 16.1. The summed E-state index contributed by atoms with van der Waals surface area (Å²) in [5.41, 5.74) is 0. The summed E-state index contributed by atoms with van der Waals surface area (Å²) in [6.45, 7) is 2.67. The quantitative estimate of drug-likeness (QED) is 0.885. The van der Waals surface area contributed by atoms with Crippen LogP contribution in [0.3, 0.4) is 0 Å². The monoisotopic (exact) mass is 318 g/mol. The number of hydrogen-bond donors (Lipinski definition) is 2. The molecular weight excluding hydrogens is 292 g/mol. The second-order valence-electron chi connectivity index (χ2n) is 6.42. The number of rotatable bonds is 4. The van der Waals surface area contributed by atoms with E-state index in [4.69, 9.17) is 0 Å². The van der Waals surface area contributed by atoms with Crippen LogP contribution in [0.5, 0.6) is 0 Å². The predicted octanol–water partition coefficient (Wildman–Crippen LogP) is 1.61. The second-order valence-corrected chi connectivity index (χ2v) is 6.42. The van der Waals surface area contributed by atoms with E-state index in [0.717, 1.165) is 51.1 Å². The van der Waals surface area contributed by atoms with Gasteiger partial charge in [-0.15, -0.1) is 0 Å².